The fourth-order valence-corrected chi connectivity index (χ4v) is 2.52. The van der Waals surface area contributed by atoms with Crippen LogP contribution in [0.5, 0.6) is 0 Å². The number of benzene rings is 1. The molecule has 2 N–H and O–H groups in total. The van der Waals surface area contributed by atoms with E-state index in [1.807, 2.05) is 49.0 Å². The molecular formula is C14H13ClN4. The number of aromatic nitrogens is 3. The van der Waals surface area contributed by atoms with Crippen molar-refractivity contribution < 1.29 is 0 Å². The Balaban J connectivity index is 2.33. The summed E-state index contributed by atoms with van der Waals surface area (Å²) in [4.78, 5) is 8.68. The molecular weight excluding hydrogens is 260 g/mol. The van der Waals surface area contributed by atoms with Crippen molar-refractivity contribution in [1.29, 1.82) is 0 Å². The molecule has 0 aliphatic rings. The summed E-state index contributed by atoms with van der Waals surface area (Å²) in [5.41, 5.74) is 9.36. The normalized spacial score (nSPS) is 11.1. The quantitative estimate of drug-likeness (QED) is 0.547. The van der Waals surface area contributed by atoms with Gasteiger partial charge in [-0.2, -0.15) is 0 Å². The van der Waals surface area contributed by atoms with E-state index in [0.29, 0.717) is 11.0 Å². The van der Waals surface area contributed by atoms with Gasteiger partial charge in [0.15, 0.2) is 0 Å². The smallest absolute Gasteiger partial charge is 0.145 e. The van der Waals surface area contributed by atoms with Gasteiger partial charge >= 0.3 is 0 Å². The van der Waals surface area contributed by atoms with Crippen LogP contribution in [0.3, 0.4) is 0 Å². The number of nitrogens with two attached hydrogens (primary N) is 1. The summed E-state index contributed by atoms with van der Waals surface area (Å²) in [6, 6.07) is 7.69. The van der Waals surface area contributed by atoms with E-state index >= 15 is 0 Å². The minimum absolute atomic E-state index is 0.481. The van der Waals surface area contributed by atoms with E-state index in [1.165, 1.54) is 0 Å². The lowest BCUT2D eigenvalue weighted by atomic mass is 10.1. The summed E-state index contributed by atoms with van der Waals surface area (Å²) in [6.45, 7) is 1.83. The van der Waals surface area contributed by atoms with Crippen molar-refractivity contribution in [2.24, 2.45) is 7.05 Å². The zero-order valence-electron chi connectivity index (χ0n) is 10.7. The van der Waals surface area contributed by atoms with Gasteiger partial charge in [0, 0.05) is 24.5 Å². The van der Waals surface area contributed by atoms with Gasteiger partial charge in [-0.05, 0) is 24.6 Å². The van der Waals surface area contributed by atoms with E-state index in [0.717, 1.165) is 27.8 Å². The number of hydrogen-bond donors (Lipinski definition) is 1. The number of halogens is 1. The Morgan fingerprint density at radius 3 is 2.53 bits per heavy atom. The number of anilines is 1. The van der Waals surface area contributed by atoms with Crippen molar-refractivity contribution in [3.05, 3.63) is 41.4 Å². The third-order valence-corrected chi connectivity index (χ3v) is 3.38. The van der Waals surface area contributed by atoms with Crippen molar-refractivity contribution in [3.63, 3.8) is 0 Å². The van der Waals surface area contributed by atoms with E-state index in [9.17, 15) is 0 Å². The fourth-order valence-electron chi connectivity index (χ4n) is 2.21. The number of rotatable bonds is 1. The van der Waals surface area contributed by atoms with Gasteiger partial charge in [0.25, 0.3) is 0 Å². The summed E-state index contributed by atoms with van der Waals surface area (Å²) in [7, 11) is 1.95. The Kier molecular flexibility index (Phi) is 2.68. The zero-order chi connectivity index (χ0) is 13.6. The highest BCUT2D eigenvalue weighted by Gasteiger charge is 2.14. The first-order valence-electron chi connectivity index (χ1n) is 5.91. The van der Waals surface area contributed by atoms with E-state index in [1.54, 1.807) is 0 Å². The highest BCUT2D eigenvalue weighted by Crippen LogP contribution is 2.33. The van der Waals surface area contributed by atoms with Gasteiger partial charge in [0.05, 0.1) is 5.39 Å². The lowest BCUT2D eigenvalue weighted by Crippen LogP contribution is -1.93. The van der Waals surface area contributed by atoms with Crippen LogP contribution >= 0.6 is 11.6 Å². The van der Waals surface area contributed by atoms with Gasteiger partial charge in [-0.15, -0.1) is 0 Å². The first kappa shape index (κ1) is 12.0. The molecule has 96 valence electrons. The predicted molar refractivity (Wildman–Crippen MR) is 78.1 cm³/mol. The van der Waals surface area contributed by atoms with Crippen LogP contribution in [0.25, 0.3) is 22.2 Å². The second kappa shape index (κ2) is 4.24. The second-order valence-corrected chi connectivity index (χ2v) is 4.89. The Labute approximate surface area is 115 Å². The van der Waals surface area contributed by atoms with Crippen LogP contribution in [-0.4, -0.2) is 14.5 Å². The average molecular weight is 273 g/mol. The second-order valence-electron chi connectivity index (χ2n) is 4.54. The van der Waals surface area contributed by atoms with Crippen LogP contribution < -0.4 is 5.73 Å². The molecule has 3 aromatic rings. The Bertz CT molecular complexity index is 759. The number of nitrogens with zero attached hydrogens (tertiary/aromatic N) is 3. The number of fused-ring (bicyclic) bond motifs is 1. The van der Waals surface area contributed by atoms with Crippen LogP contribution in [-0.2, 0) is 7.05 Å². The van der Waals surface area contributed by atoms with Crippen LogP contribution in [0.2, 0.25) is 5.15 Å². The minimum atomic E-state index is 0.481. The molecule has 1 aromatic carbocycles. The molecule has 4 nitrogen and oxygen atoms in total. The van der Waals surface area contributed by atoms with Crippen LogP contribution in [0.4, 0.5) is 5.69 Å². The molecule has 0 bridgehead atoms. The summed E-state index contributed by atoms with van der Waals surface area (Å²) in [5.74, 6) is 0.669. The third kappa shape index (κ3) is 1.94. The standard InChI is InChI=1S/C14H13ClN4/c1-8-17-13(15)12-11(7-19(2)14(12)18-8)9-3-5-10(16)6-4-9/h3-7H,16H2,1-2H3. The van der Waals surface area contributed by atoms with E-state index in [2.05, 4.69) is 9.97 Å². The van der Waals surface area contributed by atoms with Crippen molar-refractivity contribution in [2.75, 3.05) is 5.73 Å². The van der Waals surface area contributed by atoms with Crippen molar-refractivity contribution in [3.8, 4) is 11.1 Å². The Hall–Kier alpha value is -2.07. The van der Waals surface area contributed by atoms with Gasteiger partial charge in [-0.1, -0.05) is 23.7 Å². The molecule has 0 saturated heterocycles. The summed E-state index contributed by atoms with van der Waals surface area (Å²) < 4.78 is 1.96. The largest absolute Gasteiger partial charge is 0.399 e. The number of hydrogen-bond acceptors (Lipinski definition) is 3. The number of nitrogen functional groups attached to an aromatic ring is 1. The maximum absolute atomic E-state index is 6.27. The molecule has 2 aromatic heterocycles. The molecule has 2 heterocycles. The Morgan fingerprint density at radius 1 is 1.16 bits per heavy atom. The van der Waals surface area contributed by atoms with Gasteiger partial charge in [-0.25, -0.2) is 9.97 Å². The van der Waals surface area contributed by atoms with Crippen LogP contribution in [0.1, 0.15) is 5.82 Å². The zero-order valence-corrected chi connectivity index (χ0v) is 11.4. The maximum atomic E-state index is 6.27. The highest BCUT2D eigenvalue weighted by atomic mass is 35.5. The average Bonchev–Trinajstić information content (AvgIpc) is 2.68. The fraction of sp³-hybridized carbons (Fsp3) is 0.143. The maximum Gasteiger partial charge on any atom is 0.145 e. The van der Waals surface area contributed by atoms with Crippen molar-refractivity contribution in [2.45, 2.75) is 6.92 Å². The van der Waals surface area contributed by atoms with Gasteiger partial charge in [0.1, 0.15) is 16.6 Å². The molecule has 0 unspecified atom stereocenters. The first-order chi connectivity index (χ1) is 9.06. The van der Waals surface area contributed by atoms with E-state index in [4.69, 9.17) is 17.3 Å². The Morgan fingerprint density at radius 2 is 1.84 bits per heavy atom. The SMILES string of the molecule is Cc1nc(Cl)c2c(-c3ccc(N)cc3)cn(C)c2n1. The molecule has 0 atom stereocenters. The van der Waals surface area contributed by atoms with Crippen LogP contribution in [0, 0.1) is 6.92 Å². The summed E-state index contributed by atoms with van der Waals surface area (Å²) in [6.07, 6.45) is 2.01. The third-order valence-electron chi connectivity index (χ3n) is 3.11. The monoisotopic (exact) mass is 272 g/mol. The molecule has 3 rings (SSSR count). The van der Waals surface area contributed by atoms with Gasteiger partial charge in [-0.3, -0.25) is 0 Å². The molecule has 0 amide bonds. The van der Waals surface area contributed by atoms with E-state index in [-0.39, 0.29) is 0 Å². The lowest BCUT2D eigenvalue weighted by Gasteiger charge is -2.02. The first-order valence-corrected chi connectivity index (χ1v) is 6.29. The topological polar surface area (TPSA) is 56.7 Å². The summed E-state index contributed by atoms with van der Waals surface area (Å²) >= 11 is 6.27. The van der Waals surface area contributed by atoms with Crippen molar-refractivity contribution >= 4 is 28.3 Å². The molecule has 0 aliphatic carbocycles. The molecule has 5 heteroatoms. The number of aryl methyl sites for hydroxylation is 2. The lowest BCUT2D eigenvalue weighted by molar-refractivity contribution is 0.932. The molecule has 0 fully saturated rings. The molecule has 0 saturated carbocycles. The summed E-state index contributed by atoms with van der Waals surface area (Å²) in [5, 5.41) is 1.36. The molecule has 0 aliphatic heterocycles. The van der Waals surface area contributed by atoms with E-state index < -0.39 is 0 Å². The minimum Gasteiger partial charge on any atom is -0.399 e. The van der Waals surface area contributed by atoms with Gasteiger partial charge in [0.2, 0.25) is 0 Å². The highest BCUT2D eigenvalue weighted by molar-refractivity contribution is 6.35. The van der Waals surface area contributed by atoms with Crippen LogP contribution in [0.15, 0.2) is 30.5 Å². The molecule has 0 radical (unpaired) electrons. The predicted octanol–water partition coefficient (Wildman–Crippen LogP) is 3.18. The van der Waals surface area contributed by atoms with Crippen molar-refractivity contribution in [1.82, 2.24) is 14.5 Å². The molecule has 0 spiro atoms. The van der Waals surface area contributed by atoms with Gasteiger partial charge < -0.3 is 10.3 Å². The molecule has 19 heavy (non-hydrogen) atoms.